The van der Waals surface area contributed by atoms with Gasteiger partial charge in [-0.3, -0.25) is 0 Å². The molecule has 0 radical (unpaired) electrons. The van der Waals surface area contributed by atoms with Crippen LogP contribution in [0.25, 0.3) is 5.65 Å². The van der Waals surface area contributed by atoms with Crippen LogP contribution < -0.4 is 10.2 Å². The number of hydrogen-bond donors (Lipinski definition) is 1. The molecule has 3 heterocycles. The lowest BCUT2D eigenvalue weighted by Crippen LogP contribution is -2.21. The predicted molar refractivity (Wildman–Crippen MR) is 64.3 cm³/mol. The Kier molecular flexibility index (Phi) is 2.35. The van der Waals surface area contributed by atoms with Gasteiger partial charge in [0.1, 0.15) is 12.0 Å². The van der Waals surface area contributed by atoms with Crippen molar-refractivity contribution in [3.05, 3.63) is 18.5 Å². The minimum Gasteiger partial charge on any atom is -0.384 e. The summed E-state index contributed by atoms with van der Waals surface area (Å²) in [6, 6.07) is 1.87. The Labute approximate surface area is 98.3 Å². The summed E-state index contributed by atoms with van der Waals surface area (Å²) in [5.74, 6) is 0.814. The molecule has 1 N–H and O–H groups in total. The number of hydrogen-bond acceptors (Lipinski definition) is 4. The van der Waals surface area contributed by atoms with Crippen LogP contribution in [0.4, 0.5) is 15.9 Å². The monoisotopic (exact) mass is 235 g/mol. The van der Waals surface area contributed by atoms with Crippen LogP contribution in [-0.4, -0.2) is 40.9 Å². The Morgan fingerprint density at radius 1 is 1.53 bits per heavy atom. The van der Waals surface area contributed by atoms with Crippen molar-refractivity contribution in [2.24, 2.45) is 0 Å². The van der Waals surface area contributed by atoms with Crippen molar-refractivity contribution < 1.29 is 4.39 Å². The molecule has 0 aliphatic carbocycles. The zero-order chi connectivity index (χ0) is 11.8. The summed E-state index contributed by atoms with van der Waals surface area (Å²) < 4.78 is 14.9. The number of alkyl halides is 1. The van der Waals surface area contributed by atoms with E-state index in [1.807, 2.05) is 24.2 Å². The second kappa shape index (κ2) is 3.87. The molecule has 17 heavy (non-hydrogen) atoms. The maximum absolute atomic E-state index is 13.2. The number of anilines is 2. The summed E-state index contributed by atoms with van der Waals surface area (Å²) in [5.41, 5.74) is 1.65. The van der Waals surface area contributed by atoms with Gasteiger partial charge in [-0.2, -0.15) is 5.10 Å². The summed E-state index contributed by atoms with van der Waals surface area (Å²) in [4.78, 5) is 6.49. The van der Waals surface area contributed by atoms with E-state index in [1.54, 1.807) is 10.7 Å². The molecule has 1 atom stereocenters. The van der Waals surface area contributed by atoms with Crippen molar-refractivity contribution in [2.45, 2.75) is 12.6 Å². The number of rotatable bonds is 2. The Morgan fingerprint density at radius 3 is 3.12 bits per heavy atom. The van der Waals surface area contributed by atoms with Gasteiger partial charge in [-0.1, -0.05) is 0 Å². The molecule has 1 saturated heterocycles. The number of aromatic nitrogens is 3. The normalized spacial score (nSPS) is 20.1. The van der Waals surface area contributed by atoms with Crippen LogP contribution >= 0.6 is 0 Å². The van der Waals surface area contributed by atoms with Gasteiger partial charge in [0.2, 0.25) is 0 Å². The van der Waals surface area contributed by atoms with Crippen molar-refractivity contribution in [1.29, 1.82) is 0 Å². The number of halogens is 1. The van der Waals surface area contributed by atoms with Gasteiger partial charge in [0.25, 0.3) is 0 Å². The first kappa shape index (κ1) is 10.3. The lowest BCUT2D eigenvalue weighted by Gasteiger charge is -2.16. The van der Waals surface area contributed by atoms with Crippen LogP contribution in [0.3, 0.4) is 0 Å². The quantitative estimate of drug-likeness (QED) is 0.852. The lowest BCUT2D eigenvalue weighted by atomic mass is 10.3. The van der Waals surface area contributed by atoms with Crippen molar-refractivity contribution in [1.82, 2.24) is 14.6 Å². The van der Waals surface area contributed by atoms with E-state index in [-0.39, 0.29) is 0 Å². The molecule has 1 unspecified atom stereocenters. The van der Waals surface area contributed by atoms with Gasteiger partial charge in [0, 0.05) is 19.8 Å². The average molecular weight is 235 g/mol. The highest BCUT2D eigenvalue weighted by molar-refractivity contribution is 5.68. The fraction of sp³-hybridized carbons (Fsp3) is 0.455. The molecule has 1 aliphatic heterocycles. The van der Waals surface area contributed by atoms with Gasteiger partial charge in [0.15, 0.2) is 5.65 Å². The third-order valence-corrected chi connectivity index (χ3v) is 3.08. The van der Waals surface area contributed by atoms with Crippen molar-refractivity contribution >= 4 is 17.2 Å². The molecule has 1 fully saturated rings. The SMILES string of the molecule is CNc1cnn2ccc(N3CCC(F)C3)nc12. The molecule has 3 rings (SSSR count). The molecular weight excluding hydrogens is 221 g/mol. The molecule has 0 spiro atoms. The zero-order valence-electron chi connectivity index (χ0n) is 9.60. The highest BCUT2D eigenvalue weighted by Crippen LogP contribution is 2.22. The molecule has 0 aromatic carbocycles. The summed E-state index contributed by atoms with van der Waals surface area (Å²) in [5, 5.41) is 7.21. The molecule has 0 amide bonds. The van der Waals surface area contributed by atoms with Gasteiger partial charge < -0.3 is 10.2 Å². The largest absolute Gasteiger partial charge is 0.384 e. The predicted octanol–water partition coefficient (Wildman–Crippen LogP) is 1.32. The first-order chi connectivity index (χ1) is 8.28. The molecular formula is C11H14FN5. The third-order valence-electron chi connectivity index (χ3n) is 3.08. The molecule has 0 saturated carbocycles. The minimum atomic E-state index is -0.735. The fourth-order valence-electron chi connectivity index (χ4n) is 2.14. The van der Waals surface area contributed by atoms with Gasteiger partial charge in [-0.25, -0.2) is 13.9 Å². The van der Waals surface area contributed by atoms with E-state index in [0.29, 0.717) is 13.0 Å². The van der Waals surface area contributed by atoms with Crippen LogP contribution in [-0.2, 0) is 0 Å². The minimum absolute atomic E-state index is 0.437. The summed E-state index contributed by atoms with van der Waals surface area (Å²) in [7, 11) is 1.83. The Bertz CT molecular complexity index is 538. The molecule has 6 heteroatoms. The first-order valence-electron chi connectivity index (χ1n) is 5.69. The van der Waals surface area contributed by atoms with Gasteiger partial charge in [0.05, 0.1) is 18.4 Å². The number of nitrogens with zero attached hydrogens (tertiary/aromatic N) is 4. The van der Waals surface area contributed by atoms with E-state index < -0.39 is 6.17 Å². The molecule has 2 aromatic heterocycles. The van der Waals surface area contributed by atoms with Crippen LogP contribution in [0.15, 0.2) is 18.5 Å². The zero-order valence-corrected chi connectivity index (χ0v) is 9.60. The fourth-order valence-corrected chi connectivity index (χ4v) is 2.14. The molecule has 1 aliphatic rings. The van der Waals surface area contributed by atoms with E-state index in [0.717, 1.165) is 23.7 Å². The van der Waals surface area contributed by atoms with Crippen molar-refractivity contribution in [3.8, 4) is 0 Å². The average Bonchev–Trinajstić information content (AvgIpc) is 2.94. The smallest absolute Gasteiger partial charge is 0.180 e. The van der Waals surface area contributed by atoms with Gasteiger partial charge >= 0.3 is 0 Å². The second-order valence-corrected chi connectivity index (χ2v) is 4.19. The summed E-state index contributed by atoms with van der Waals surface area (Å²) in [6.07, 6.45) is 3.44. The lowest BCUT2D eigenvalue weighted by molar-refractivity contribution is 0.364. The Morgan fingerprint density at radius 2 is 2.41 bits per heavy atom. The van der Waals surface area contributed by atoms with Crippen LogP contribution in [0.5, 0.6) is 0 Å². The van der Waals surface area contributed by atoms with Crippen LogP contribution in [0.2, 0.25) is 0 Å². The molecule has 5 nitrogen and oxygen atoms in total. The van der Waals surface area contributed by atoms with E-state index in [9.17, 15) is 4.39 Å². The second-order valence-electron chi connectivity index (χ2n) is 4.19. The van der Waals surface area contributed by atoms with Crippen molar-refractivity contribution in [3.63, 3.8) is 0 Å². The van der Waals surface area contributed by atoms with Gasteiger partial charge in [-0.05, 0) is 12.5 Å². The first-order valence-corrected chi connectivity index (χ1v) is 5.69. The number of nitrogens with one attached hydrogen (secondary N) is 1. The Hall–Kier alpha value is -1.85. The molecule has 0 bridgehead atoms. The standard InChI is InChI=1S/C11H14FN5/c1-13-9-6-14-17-5-3-10(15-11(9)17)16-4-2-8(12)7-16/h3,5-6,8,13H,2,4,7H2,1H3. The third kappa shape index (κ3) is 1.69. The summed E-state index contributed by atoms with van der Waals surface area (Å²) >= 11 is 0. The topological polar surface area (TPSA) is 45.5 Å². The van der Waals surface area contributed by atoms with E-state index in [2.05, 4.69) is 15.4 Å². The molecule has 2 aromatic rings. The van der Waals surface area contributed by atoms with E-state index >= 15 is 0 Å². The summed E-state index contributed by atoms with van der Waals surface area (Å²) in [6.45, 7) is 1.17. The Balaban J connectivity index is 2.00. The van der Waals surface area contributed by atoms with Crippen LogP contribution in [0, 0.1) is 0 Å². The number of fused-ring (bicyclic) bond motifs is 1. The van der Waals surface area contributed by atoms with E-state index in [4.69, 9.17) is 0 Å². The van der Waals surface area contributed by atoms with Gasteiger partial charge in [-0.15, -0.1) is 0 Å². The highest BCUT2D eigenvalue weighted by atomic mass is 19.1. The maximum atomic E-state index is 13.2. The van der Waals surface area contributed by atoms with Crippen LogP contribution in [0.1, 0.15) is 6.42 Å². The highest BCUT2D eigenvalue weighted by Gasteiger charge is 2.23. The van der Waals surface area contributed by atoms with E-state index in [1.165, 1.54) is 0 Å². The van der Waals surface area contributed by atoms with Crippen molar-refractivity contribution in [2.75, 3.05) is 30.4 Å². The molecule has 90 valence electrons. The maximum Gasteiger partial charge on any atom is 0.180 e.